The second-order valence-electron chi connectivity index (χ2n) is 3.25. The van der Waals surface area contributed by atoms with Crippen LogP contribution in [0.3, 0.4) is 0 Å². The van der Waals surface area contributed by atoms with E-state index >= 15 is 0 Å². The first-order chi connectivity index (χ1) is 8.49. The number of nitro groups is 1. The molecule has 1 N–H and O–H groups in total. The third-order valence-electron chi connectivity index (χ3n) is 1.93. The molecule has 0 aromatic heterocycles. The van der Waals surface area contributed by atoms with E-state index in [1.54, 1.807) is 0 Å². The number of hydrogen-bond donors (Lipinski definition) is 1. The molecule has 0 aliphatic heterocycles. The van der Waals surface area contributed by atoms with Crippen molar-refractivity contribution >= 4 is 34.5 Å². The van der Waals surface area contributed by atoms with E-state index in [9.17, 15) is 19.7 Å². The Kier molecular flexibility index (Phi) is 5.01. The minimum Gasteiger partial charge on any atom is -0.344 e. The van der Waals surface area contributed by atoms with Crippen LogP contribution < -0.4 is 5.32 Å². The minimum absolute atomic E-state index is 0.0238. The monoisotopic (exact) mass is 268 g/mol. The van der Waals surface area contributed by atoms with E-state index in [2.05, 4.69) is 5.32 Å². The molecule has 6 nitrogen and oxygen atoms in total. The number of nitrogens with zero attached hydrogens (tertiary/aromatic N) is 1. The number of benzene rings is 1. The molecular formula is C11H9ClN2O4. The van der Waals surface area contributed by atoms with Gasteiger partial charge in [-0.05, 0) is 35.4 Å². The van der Waals surface area contributed by atoms with Gasteiger partial charge in [-0.2, -0.15) is 0 Å². The lowest BCUT2D eigenvalue weighted by atomic mass is 10.2. The van der Waals surface area contributed by atoms with Crippen LogP contribution in [0.4, 0.5) is 5.69 Å². The summed E-state index contributed by atoms with van der Waals surface area (Å²) < 4.78 is 0. The Morgan fingerprint density at radius 1 is 1.33 bits per heavy atom. The Bertz CT molecular complexity index is 496. The number of amides is 1. The van der Waals surface area contributed by atoms with Crippen molar-refractivity contribution in [2.24, 2.45) is 0 Å². The van der Waals surface area contributed by atoms with Crippen LogP contribution in [0.2, 0.25) is 0 Å². The fraction of sp³-hybridized carbons (Fsp3) is 0.0909. The van der Waals surface area contributed by atoms with Crippen molar-refractivity contribution in [3.8, 4) is 0 Å². The summed E-state index contributed by atoms with van der Waals surface area (Å²) in [7, 11) is 0. The smallest absolute Gasteiger partial charge is 0.269 e. The van der Waals surface area contributed by atoms with Gasteiger partial charge in [0.05, 0.1) is 11.5 Å². The zero-order valence-electron chi connectivity index (χ0n) is 9.13. The molecule has 0 saturated carbocycles. The molecule has 0 saturated heterocycles. The van der Waals surface area contributed by atoms with E-state index in [0.29, 0.717) is 5.56 Å². The second-order valence-corrected chi connectivity index (χ2v) is 3.68. The molecule has 1 aromatic carbocycles. The van der Waals surface area contributed by atoms with E-state index in [1.165, 1.54) is 36.4 Å². The molecular weight excluding hydrogens is 260 g/mol. The van der Waals surface area contributed by atoms with E-state index in [4.69, 9.17) is 11.6 Å². The number of carbonyl (C=O) groups is 2. The van der Waals surface area contributed by atoms with Crippen LogP contribution in [0.25, 0.3) is 6.08 Å². The molecule has 0 aliphatic carbocycles. The van der Waals surface area contributed by atoms with Crippen molar-refractivity contribution in [2.45, 2.75) is 0 Å². The number of carbonyl (C=O) groups excluding carboxylic acids is 2. The maximum absolute atomic E-state index is 11.2. The van der Waals surface area contributed by atoms with Gasteiger partial charge in [-0.3, -0.25) is 19.7 Å². The van der Waals surface area contributed by atoms with Crippen molar-refractivity contribution in [3.63, 3.8) is 0 Å². The molecule has 1 rings (SSSR count). The van der Waals surface area contributed by atoms with Gasteiger partial charge in [-0.1, -0.05) is 0 Å². The van der Waals surface area contributed by atoms with Crippen molar-refractivity contribution in [2.75, 3.05) is 6.54 Å². The van der Waals surface area contributed by atoms with Gasteiger partial charge in [0.2, 0.25) is 11.1 Å². The van der Waals surface area contributed by atoms with Gasteiger partial charge in [-0.25, -0.2) is 0 Å². The molecule has 0 spiro atoms. The summed E-state index contributed by atoms with van der Waals surface area (Å²) in [6, 6.07) is 5.68. The first-order valence-corrected chi connectivity index (χ1v) is 5.25. The quantitative estimate of drug-likeness (QED) is 0.379. The Morgan fingerprint density at radius 3 is 2.44 bits per heavy atom. The summed E-state index contributed by atoms with van der Waals surface area (Å²) in [6.45, 7) is -0.245. The topological polar surface area (TPSA) is 89.3 Å². The highest BCUT2D eigenvalue weighted by Crippen LogP contribution is 2.12. The standard InChI is InChI=1S/C11H9ClN2O4/c12-10(15)7-13-11(16)6-3-8-1-4-9(5-2-8)14(17)18/h1-6H,7H2,(H,13,16). The lowest BCUT2D eigenvalue weighted by Gasteiger charge is -1.96. The zero-order valence-corrected chi connectivity index (χ0v) is 9.89. The normalized spacial score (nSPS) is 10.3. The average molecular weight is 269 g/mol. The fourth-order valence-corrected chi connectivity index (χ4v) is 1.16. The number of rotatable bonds is 5. The summed E-state index contributed by atoms with van der Waals surface area (Å²) in [4.78, 5) is 31.5. The highest BCUT2D eigenvalue weighted by Gasteiger charge is 2.03. The number of halogens is 1. The third kappa shape index (κ3) is 4.75. The summed E-state index contributed by atoms with van der Waals surface area (Å²) in [5.74, 6) is -0.470. The molecule has 18 heavy (non-hydrogen) atoms. The van der Waals surface area contributed by atoms with Crippen LogP contribution >= 0.6 is 11.6 Å². The summed E-state index contributed by atoms with van der Waals surface area (Å²) >= 11 is 5.04. The van der Waals surface area contributed by atoms with Crippen LogP contribution in [0.15, 0.2) is 30.3 Å². The van der Waals surface area contributed by atoms with Gasteiger partial charge >= 0.3 is 0 Å². The fourth-order valence-electron chi connectivity index (χ4n) is 1.09. The average Bonchev–Trinajstić information content (AvgIpc) is 2.34. The molecule has 0 aliphatic rings. The Labute approximate surface area is 107 Å². The maximum atomic E-state index is 11.2. The molecule has 0 bridgehead atoms. The lowest BCUT2D eigenvalue weighted by molar-refractivity contribution is -0.384. The van der Waals surface area contributed by atoms with Crippen molar-refractivity contribution in [1.82, 2.24) is 5.32 Å². The molecule has 0 unspecified atom stereocenters. The van der Waals surface area contributed by atoms with Crippen LogP contribution in [-0.2, 0) is 9.59 Å². The van der Waals surface area contributed by atoms with Crippen LogP contribution in [0.5, 0.6) is 0 Å². The highest BCUT2D eigenvalue weighted by molar-refractivity contribution is 6.64. The molecule has 0 radical (unpaired) electrons. The van der Waals surface area contributed by atoms with E-state index < -0.39 is 16.1 Å². The molecule has 1 aromatic rings. The number of nitrogens with one attached hydrogen (secondary N) is 1. The van der Waals surface area contributed by atoms with Crippen molar-refractivity contribution < 1.29 is 14.5 Å². The van der Waals surface area contributed by atoms with E-state index in [1.807, 2.05) is 0 Å². The largest absolute Gasteiger partial charge is 0.344 e. The van der Waals surface area contributed by atoms with Gasteiger partial charge in [0.1, 0.15) is 0 Å². The number of non-ortho nitro benzene ring substituents is 1. The van der Waals surface area contributed by atoms with Gasteiger partial charge in [0.25, 0.3) is 5.69 Å². The Morgan fingerprint density at radius 2 is 1.94 bits per heavy atom. The predicted molar refractivity (Wildman–Crippen MR) is 66.0 cm³/mol. The molecule has 0 atom stereocenters. The predicted octanol–water partition coefficient (Wildman–Crippen LogP) is 1.49. The molecule has 0 fully saturated rings. The van der Waals surface area contributed by atoms with Crippen molar-refractivity contribution in [3.05, 3.63) is 46.0 Å². The second kappa shape index (κ2) is 6.51. The molecule has 0 heterocycles. The lowest BCUT2D eigenvalue weighted by Crippen LogP contribution is -2.25. The first-order valence-electron chi connectivity index (χ1n) is 4.88. The van der Waals surface area contributed by atoms with Gasteiger partial charge in [0, 0.05) is 18.2 Å². The van der Waals surface area contributed by atoms with Crippen LogP contribution in [-0.4, -0.2) is 22.6 Å². The summed E-state index contributed by atoms with van der Waals surface area (Å²) in [5, 5.41) is 12.0. The number of nitro benzene ring substituents is 1. The third-order valence-corrected chi connectivity index (χ3v) is 2.07. The SMILES string of the molecule is O=C(Cl)CNC(=O)C=Cc1ccc([N+](=O)[O-])cc1. The minimum atomic E-state index is -0.660. The Hall–Kier alpha value is -2.21. The van der Waals surface area contributed by atoms with E-state index in [-0.39, 0.29) is 12.2 Å². The van der Waals surface area contributed by atoms with Crippen LogP contribution in [0.1, 0.15) is 5.56 Å². The summed E-state index contributed by atoms with van der Waals surface area (Å²) in [5.41, 5.74) is 0.609. The Balaban J connectivity index is 2.58. The maximum Gasteiger partial charge on any atom is 0.269 e. The van der Waals surface area contributed by atoms with Crippen LogP contribution in [0, 0.1) is 10.1 Å². The molecule has 94 valence electrons. The van der Waals surface area contributed by atoms with Gasteiger partial charge in [-0.15, -0.1) is 0 Å². The number of hydrogen-bond acceptors (Lipinski definition) is 4. The van der Waals surface area contributed by atoms with Gasteiger partial charge < -0.3 is 5.32 Å². The zero-order chi connectivity index (χ0) is 13.5. The highest BCUT2D eigenvalue weighted by atomic mass is 35.5. The summed E-state index contributed by atoms with van der Waals surface area (Å²) in [6.07, 6.45) is 2.68. The van der Waals surface area contributed by atoms with Crippen molar-refractivity contribution in [1.29, 1.82) is 0 Å². The molecule has 1 amide bonds. The van der Waals surface area contributed by atoms with Gasteiger partial charge in [0.15, 0.2) is 0 Å². The molecule has 7 heteroatoms. The van der Waals surface area contributed by atoms with E-state index in [0.717, 1.165) is 0 Å². The first kappa shape index (κ1) is 13.9.